The van der Waals surface area contributed by atoms with Gasteiger partial charge in [0.05, 0.1) is 6.20 Å². The fourth-order valence-corrected chi connectivity index (χ4v) is 1.20. The number of aromatic nitrogens is 2. The summed E-state index contributed by atoms with van der Waals surface area (Å²) in [7, 11) is 1.69. The zero-order chi connectivity index (χ0) is 12.3. The number of hydrogen-bond acceptors (Lipinski definition) is 3. The quantitative estimate of drug-likeness (QED) is 0.839. The highest BCUT2D eigenvalue weighted by Gasteiger charge is 2.19. The highest BCUT2D eigenvalue weighted by Crippen LogP contribution is 2.16. The molecule has 5 nitrogen and oxygen atoms in total. The molecule has 0 aliphatic rings. The lowest BCUT2D eigenvalue weighted by molar-refractivity contribution is -0.120. The van der Waals surface area contributed by atoms with Gasteiger partial charge in [-0.15, -0.1) is 0 Å². The second-order valence-electron chi connectivity index (χ2n) is 4.16. The second-order valence-corrected chi connectivity index (χ2v) is 4.16. The van der Waals surface area contributed by atoms with Crippen molar-refractivity contribution in [3.05, 3.63) is 11.8 Å². The van der Waals surface area contributed by atoms with Gasteiger partial charge in [-0.1, -0.05) is 20.8 Å². The highest BCUT2D eigenvalue weighted by atomic mass is 16.2. The van der Waals surface area contributed by atoms with Crippen molar-refractivity contribution in [3.8, 4) is 6.07 Å². The van der Waals surface area contributed by atoms with Crippen molar-refractivity contribution < 1.29 is 4.79 Å². The van der Waals surface area contributed by atoms with E-state index < -0.39 is 0 Å². The highest BCUT2D eigenvalue weighted by molar-refractivity contribution is 5.92. The molecule has 1 heterocycles. The van der Waals surface area contributed by atoms with Gasteiger partial charge in [0.2, 0.25) is 5.91 Å². The Kier molecular flexibility index (Phi) is 3.67. The first-order valence-electron chi connectivity index (χ1n) is 5.20. The molecule has 1 aromatic rings. The number of aryl methyl sites for hydroxylation is 1. The van der Waals surface area contributed by atoms with Crippen molar-refractivity contribution in [3.63, 3.8) is 0 Å². The minimum atomic E-state index is -0.0959. The maximum atomic E-state index is 11.8. The van der Waals surface area contributed by atoms with Crippen LogP contribution in [0.4, 0.5) is 5.82 Å². The Hall–Kier alpha value is -1.83. The third kappa shape index (κ3) is 2.40. The van der Waals surface area contributed by atoms with Crippen LogP contribution in [-0.2, 0) is 11.8 Å². The Labute approximate surface area is 95.1 Å². The van der Waals surface area contributed by atoms with E-state index in [9.17, 15) is 4.79 Å². The lowest BCUT2D eigenvalue weighted by Gasteiger charge is -2.15. The fourth-order valence-electron chi connectivity index (χ4n) is 1.20. The summed E-state index contributed by atoms with van der Waals surface area (Å²) in [6.07, 6.45) is 1.44. The van der Waals surface area contributed by atoms with Gasteiger partial charge >= 0.3 is 0 Å². The maximum Gasteiger partial charge on any atom is 0.228 e. The van der Waals surface area contributed by atoms with Gasteiger partial charge in [0.25, 0.3) is 0 Å². The number of nitrogens with one attached hydrogen (secondary N) is 1. The van der Waals surface area contributed by atoms with E-state index in [1.54, 1.807) is 7.05 Å². The maximum absolute atomic E-state index is 11.8. The molecular weight excluding hydrogens is 204 g/mol. The summed E-state index contributed by atoms with van der Waals surface area (Å²) in [6, 6.07) is 1.99. The van der Waals surface area contributed by atoms with Crippen molar-refractivity contribution in [1.82, 2.24) is 9.78 Å². The molecule has 0 saturated heterocycles. The van der Waals surface area contributed by atoms with E-state index in [-0.39, 0.29) is 17.7 Å². The topological polar surface area (TPSA) is 70.7 Å². The van der Waals surface area contributed by atoms with E-state index in [1.165, 1.54) is 10.9 Å². The standard InChI is InChI=1S/C11H16N4O/c1-7(2)8(3)11(16)14-10-9(5-12)6-13-15(10)4/h6-8H,1-4H3,(H,14,16). The molecule has 0 saturated carbocycles. The summed E-state index contributed by atoms with van der Waals surface area (Å²) >= 11 is 0. The zero-order valence-electron chi connectivity index (χ0n) is 9.98. The van der Waals surface area contributed by atoms with E-state index in [0.29, 0.717) is 11.4 Å². The van der Waals surface area contributed by atoms with Crippen LogP contribution in [0.25, 0.3) is 0 Å². The van der Waals surface area contributed by atoms with Gasteiger partial charge < -0.3 is 5.32 Å². The van der Waals surface area contributed by atoms with E-state index in [0.717, 1.165) is 0 Å². The first-order chi connectivity index (χ1) is 7.47. The molecule has 0 aliphatic heterocycles. The van der Waals surface area contributed by atoms with Crippen molar-refractivity contribution in [2.24, 2.45) is 18.9 Å². The smallest absolute Gasteiger partial charge is 0.228 e. The number of hydrogen-bond donors (Lipinski definition) is 1. The molecule has 16 heavy (non-hydrogen) atoms. The average molecular weight is 220 g/mol. The Bertz CT molecular complexity index is 428. The first kappa shape index (κ1) is 12.2. The molecule has 0 bridgehead atoms. The van der Waals surface area contributed by atoms with Crippen LogP contribution < -0.4 is 5.32 Å². The SMILES string of the molecule is CC(C)C(C)C(=O)Nc1c(C#N)cnn1C. The molecule has 86 valence electrons. The van der Waals surface area contributed by atoms with Crippen LogP contribution in [0.15, 0.2) is 6.20 Å². The van der Waals surface area contributed by atoms with Gasteiger partial charge in [0.15, 0.2) is 0 Å². The molecule has 1 atom stereocenters. The molecule has 5 heteroatoms. The number of carbonyl (C=O) groups excluding carboxylic acids is 1. The van der Waals surface area contributed by atoms with Gasteiger partial charge in [0.1, 0.15) is 17.5 Å². The number of nitriles is 1. The summed E-state index contributed by atoms with van der Waals surface area (Å²) in [4.78, 5) is 11.8. The van der Waals surface area contributed by atoms with Crippen LogP contribution >= 0.6 is 0 Å². The Morgan fingerprint density at radius 1 is 1.56 bits per heavy atom. The van der Waals surface area contributed by atoms with Crippen LogP contribution in [0.1, 0.15) is 26.3 Å². The van der Waals surface area contributed by atoms with Gasteiger partial charge in [0, 0.05) is 13.0 Å². The molecular formula is C11H16N4O. The summed E-state index contributed by atoms with van der Waals surface area (Å²) < 4.78 is 1.49. The minimum absolute atomic E-state index is 0.0879. The number of amides is 1. The van der Waals surface area contributed by atoms with Crippen molar-refractivity contribution in [2.45, 2.75) is 20.8 Å². The molecule has 1 N–H and O–H groups in total. The van der Waals surface area contributed by atoms with Gasteiger partial charge in [-0.25, -0.2) is 0 Å². The minimum Gasteiger partial charge on any atom is -0.310 e. The van der Waals surface area contributed by atoms with E-state index in [2.05, 4.69) is 10.4 Å². The largest absolute Gasteiger partial charge is 0.310 e. The summed E-state index contributed by atoms with van der Waals surface area (Å²) in [5.41, 5.74) is 0.381. The molecule has 0 aromatic carbocycles. The average Bonchev–Trinajstić information content (AvgIpc) is 2.58. The first-order valence-corrected chi connectivity index (χ1v) is 5.20. The normalized spacial score (nSPS) is 12.2. The van der Waals surface area contributed by atoms with Gasteiger partial charge in [-0.2, -0.15) is 10.4 Å². The molecule has 1 unspecified atom stereocenters. The molecule has 1 amide bonds. The van der Waals surface area contributed by atoms with Crippen molar-refractivity contribution in [1.29, 1.82) is 5.26 Å². The Morgan fingerprint density at radius 2 is 2.19 bits per heavy atom. The number of anilines is 1. The monoisotopic (exact) mass is 220 g/mol. The van der Waals surface area contributed by atoms with Crippen LogP contribution in [0.3, 0.4) is 0 Å². The summed E-state index contributed by atoms with van der Waals surface area (Å²) in [5.74, 6) is 0.537. The van der Waals surface area contributed by atoms with E-state index in [4.69, 9.17) is 5.26 Å². The predicted molar refractivity (Wildman–Crippen MR) is 60.6 cm³/mol. The molecule has 1 aromatic heterocycles. The molecule has 1 rings (SSSR count). The van der Waals surface area contributed by atoms with Crippen molar-refractivity contribution >= 4 is 11.7 Å². The van der Waals surface area contributed by atoms with Crippen LogP contribution in [0, 0.1) is 23.2 Å². The van der Waals surface area contributed by atoms with Gasteiger partial charge in [-0.3, -0.25) is 9.48 Å². The fraction of sp³-hybridized carbons (Fsp3) is 0.545. The van der Waals surface area contributed by atoms with E-state index >= 15 is 0 Å². The van der Waals surface area contributed by atoms with Crippen LogP contribution in [0.2, 0.25) is 0 Å². The van der Waals surface area contributed by atoms with Crippen molar-refractivity contribution in [2.75, 3.05) is 5.32 Å². The summed E-state index contributed by atoms with van der Waals surface area (Å²) in [6.45, 7) is 5.83. The van der Waals surface area contributed by atoms with E-state index in [1.807, 2.05) is 26.8 Å². The van der Waals surface area contributed by atoms with Crippen LogP contribution in [-0.4, -0.2) is 15.7 Å². The number of rotatable bonds is 3. The third-order valence-corrected chi connectivity index (χ3v) is 2.71. The lowest BCUT2D eigenvalue weighted by atomic mass is 9.97. The van der Waals surface area contributed by atoms with Gasteiger partial charge in [-0.05, 0) is 5.92 Å². The third-order valence-electron chi connectivity index (χ3n) is 2.71. The molecule has 0 fully saturated rings. The summed E-state index contributed by atoms with van der Waals surface area (Å²) in [5, 5.41) is 15.5. The lowest BCUT2D eigenvalue weighted by Crippen LogP contribution is -2.25. The second kappa shape index (κ2) is 4.79. The molecule has 0 aliphatic carbocycles. The predicted octanol–water partition coefficient (Wildman–Crippen LogP) is 1.52. The number of carbonyl (C=O) groups is 1. The molecule has 0 spiro atoms. The Morgan fingerprint density at radius 3 is 2.69 bits per heavy atom. The molecule has 0 radical (unpaired) electrons. The number of nitrogens with zero attached hydrogens (tertiary/aromatic N) is 3. The zero-order valence-corrected chi connectivity index (χ0v) is 9.98. The Balaban J connectivity index is 2.85. The van der Waals surface area contributed by atoms with Crippen LogP contribution in [0.5, 0.6) is 0 Å².